The first kappa shape index (κ1) is 10.1. The summed E-state index contributed by atoms with van der Waals surface area (Å²) in [6.07, 6.45) is 3.17. The first-order chi connectivity index (χ1) is 8.40. The van der Waals surface area contributed by atoms with Crippen LogP contribution < -0.4 is 0 Å². The normalized spacial score (nSPS) is 11.4. The van der Waals surface area contributed by atoms with Crippen molar-refractivity contribution in [1.29, 1.82) is 0 Å². The van der Waals surface area contributed by atoms with Gasteiger partial charge in [-0.3, -0.25) is 0 Å². The Balaban J connectivity index is 2.28. The lowest BCUT2D eigenvalue weighted by molar-refractivity contribution is 0.777. The predicted octanol–water partition coefficient (Wildman–Crippen LogP) is 2.02. The summed E-state index contributed by atoms with van der Waals surface area (Å²) in [6, 6.07) is 7.92. The van der Waals surface area contributed by atoms with Crippen molar-refractivity contribution in [2.45, 2.75) is 26.2 Å². The van der Waals surface area contributed by atoms with Gasteiger partial charge in [0.2, 0.25) is 5.65 Å². The molecule has 0 saturated heterocycles. The third kappa shape index (κ3) is 1.63. The molecule has 3 aromatic rings. The largest absolute Gasteiger partial charge is 0.247 e. The molecular formula is C12H13N5. The molecule has 0 aliphatic carbocycles. The molecule has 5 nitrogen and oxygen atoms in total. The summed E-state index contributed by atoms with van der Waals surface area (Å²) in [7, 11) is 0. The van der Waals surface area contributed by atoms with E-state index in [2.05, 4.69) is 27.4 Å². The van der Waals surface area contributed by atoms with E-state index in [4.69, 9.17) is 0 Å². The van der Waals surface area contributed by atoms with E-state index in [9.17, 15) is 0 Å². The maximum atomic E-state index is 4.65. The standard InChI is InChI=1S/C12H13N5/c1-2-3-6-10-12-14-15-16-17(12)11-8-5-4-7-9(11)13-10/h4-5,7-8H,2-3,6H2,1H3. The highest BCUT2D eigenvalue weighted by atomic mass is 15.5. The Morgan fingerprint density at radius 2 is 2.12 bits per heavy atom. The fourth-order valence-corrected chi connectivity index (χ4v) is 1.97. The van der Waals surface area contributed by atoms with Crippen molar-refractivity contribution in [2.24, 2.45) is 0 Å². The molecule has 3 rings (SSSR count). The van der Waals surface area contributed by atoms with Crippen LogP contribution in [-0.4, -0.2) is 25.0 Å². The summed E-state index contributed by atoms with van der Waals surface area (Å²) in [5.74, 6) is 0. The monoisotopic (exact) mass is 227 g/mol. The zero-order chi connectivity index (χ0) is 11.7. The predicted molar refractivity (Wildman–Crippen MR) is 64.7 cm³/mol. The van der Waals surface area contributed by atoms with Gasteiger partial charge in [0.05, 0.1) is 16.7 Å². The summed E-state index contributed by atoms with van der Waals surface area (Å²) in [6.45, 7) is 2.17. The fourth-order valence-electron chi connectivity index (χ4n) is 1.97. The first-order valence-corrected chi connectivity index (χ1v) is 5.86. The molecule has 2 aromatic heterocycles. The number of rotatable bonds is 3. The average Bonchev–Trinajstić information content (AvgIpc) is 2.85. The Morgan fingerprint density at radius 1 is 1.24 bits per heavy atom. The lowest BCUT2D eigenvalue weighted by Crippen LogP contribution is -2.00. The summed E-state index contributed by atoms with van der Waals surface area (Å²) >= 11 is 0. The van der Waals surface area contributed by atoms with Crippen molar-refractivity contribution in [2.75, 3.05) is 0 Å². The Bertz CT molecular complexity index is 658. The van der Waals surface area contributed by atoms with Crippen molar-refractivity contribution in [3.8, 4) is 0 Å². The minimum Gasteiger partial charge on any atom is -0.247 e. The van der Waals surface area contributed by atoms with E-state index in [0.29, 0.717) is 0 Å². The lowest BCUT2D eigenvalue weighted by Gasteiger charge is -2.04. The lowest BCUT2D eigenvalue weighted by atomic mass is 10.2. The SMILES string of the molecule is CCCCc1nc2ccccc2n2nnnc12. The number of hydrogen-bond donors (Lipinski definition) is 0. The third-order valence-corrected chi connectivity index (χ3v) is 2.86. The van der Waals surface area contributed by atoms with Crippen LogP contribution in [0.3, 0.4) is 0 Å². The quantitative estimate of drug-likeness (QED) is 0.686. The molecule has 0 radical (unpaired) electrons. The zero-order valence-electron chi connectivity index (χ0n) is 9.67. The highest BCUT2D eigenvalue weighted by molar-refractivity contribution is 5.77. The molecule has 0 fully saturated rings. The van der Waals surface area contributed by atoms with Crippen LogP contribution in [-0.2, 0) is 6.42 Å². The number of aromatic nitrogens is 5. The second-order valence-corrected chi connectivity index (χ2v) is 4.07. The van der Waals surface area contributed by atoms with Gasteiger partial charge in [-0.1, -0.05) is 25.5 Å². The molecule has 0 amide bonds. The topological polar surface area (TPSA) is 56.0 Å². The van der Waals surface area contributed by atoms with Crippen molar-refractivity contribution >= 4 is 16.7 Å². The van der Waals surface area contributed by atoms with Crippen molar-refractivity contribution < 1.29 is 0 Å². The fraction of sp³-hybridized carbons (Fsp3) is 0.333. The molecule has 0 saturated carbocycles. The summed E-state index contributed by atoms with van der Waals surface area (Å²) in [5, 5.41) is 11.8. The van der Waals surface area contributed by atoms with E-state index in [1.54, 1.807) is 4.52 Å². The third-order valence-electron chi connectivity index (χ3n) is 2.86. The van der Waals surface area contributed by atoms with Crippen LogP contribution >= 0.6 is 0 Å². The molecule has 86 valence electrons. The van der Waals surface area contributed by atoms with Crippen molar-refractivity contribution in [1.82, 2.24) is 25.0 Å². The van der Waals surface area contributed by atoms with Crippen LogP contribution in [0.25, 0.3) is 16.7 Å². The van der Waals surface area contributed by atoms with Crippen LogP contribution in [0.15, 0.2) is 24.3 Å². The van der Waals surface area contributed by atoms with Gasteiger partial charge in [0.15, 0.2) is 0 Å². The minimum atomic E-state index is 0.775. The molecule has 2 heterocycles. The second-order valence-electron chi connectivity index (χ2n) is 4.07. The van der Waals surface area contributed by atoms with E-state index in [-0.39, 0.29) is 0 Å². The second kappa shape index (κ2) is 4.08. The highest BCUT2D eigenvalue weighted by Gasteiger charge is 2.10. The van der Waals surface area contributed by atoms with Gasteiger partial charge < -0.3 is 0 Å². The number of tetrazole rings is 1. The highest BCUT2D eigenvalue weighted by Crippen LogP contribution is 2.16. The van der Waals surface area contributed by atoms with E-state index in [1.807, 2.05) is 24.3 Å². The molecule has 0 bridgehead atoms. The summed E-state index contributed by atoms with van der Waals surface area (Å²) in [5.41, 5.74) is 3.65. The molecule has 0 N–H and O–H groups in total. The summed E-state index contributed by atoms with van der Waals surface area (Å²) in [4.78, 5) is 4.65. The smallest absolute Gasteiger partial charge is 0.201 e. The van der Waals surface area contributed by atoms with Crippen LogP contribution in [0, 0.1) is 0 Å². The molecule has 0 unspecified atom stereocenters. The number of fused-ring (bicyclic) bond motifs is 3. The van der Waals surface area contributed by atoms with Crippen LogP contribution in [0.2, 0.25) is 0 Å². The maximum absolute atomic E-state index is 4.65. The van der Waals surface area contributed by atoms with E-state index in [0.717, 1.165) is 41.6 Å². The van der Waals surface area contributed by atoms with Gasteiger partial charge >= 0.3 is 0 Å². The zero-order valence-corrected chi connectivity index (χ0v) is 9.67. The Morgan fingerprint density at radius 3 is 3.00 bits per heavy atom. The molecule has 0 atom stereocenters. The number of hydrogen-bond acceptors (Lipinski definition) is 4. The molecule has 0 aliphatic heterocycles. The Hall–Kier alpha value is -2.04. The van der Waals surface area contributed by atoms with Crippen molar-refractivity contribution in [3.05, 3.63) is 30.0 Å². The number of para-hydroxylation sites is 2. The van der Waals surface area contributed by atoms with Gasteiger partial charge in [0, 0.05) is 0 Å². The summed E-state index contributed by atoms with van der Waals surface area (Å²) < 4.78 is 1.77. The van der Waals surface area contributed by atoms with Crippen LogP contribution in [0.1, 0.15) is 25.5 Å². The Labute approximate surface area is 98.5 Å². The van der Waals surface area contributed by atoms with Gasteiger partial charge in [-0.15, -0.1) is 5.10 Å². The van der Waals surface area contributed by atoms with Gasteiger partial charge in [-0.05, 0) is 35.4 Å². The van der Waals surface area contributed by atoms with Gasteiger partial charge in [0.25, 0.3) is 0 Å². The average molecular weight is 227 g/mol. The minimum absolute atomic E-state index is 0.775. The molecular weight excluding hydrogens is 214 g/mol. The van der Waals surface area contributed by atoms with E-state index >= 15 is 0 Å². The van der Waals surface area contributed by atoms with Crippen LogP contribution in [0.4, 0.5) is 0 Å². The molecule has 5 heteroatoms. The van der Waals surface area contributed by atoms with Crippen molar-refractivity contribution in [3.63, 3.8) is 0 Å². The van der Waals surface area contributed by atoms with Crippen LogP contribution in [0.5, 0.6) is 0 Å². The molecule has 17 heavy (non-hydrogen) atoms. The van der Waals surface area contributed by atoms with E-state index in [1.165, 1.54) is 0 Å². The number of unbranched alkanes of at least 4 members (excludes halogenated alkanes) is 1. The first-order valence-electron chi connectivity index (χ1n) is 5.86. The molecule has 0 spiro atoms. The van der Waals surface area contributed by atoms with Gasteiger partial charge in [-0.2, -0.15) is 4.52 Å². The van der Waals surface area contributed by atoms with Gasteiger partial charge in [-0.25, -0.2) is 4.98 Å². The maximum Gasteiger partial charge on any atom is 0.201 e. The number of aryl methyl sites for hydroxylation is 1. The molecule has 0 aliphatic rings. The Kier molecular flexibility index (Phi) is 2.44. The number of nitrogens with zero attached hydrogens (tertiary/aromatic N) is 5. The van der Waals surface area contributed by atoms with Gasteiger partial charge in [0.1, 0.15) is 0 Å². The number of benzene rings is 1. The molecule has 1 aromatic carbocycles. The van der Waals surface area contributed by atoms with E-state index < -0.39 is 0 Å².